The van der Waals surface area contributed by atoms with Gasteiger partial charge in [-0.05, 0) is 88.0 Å². The fraction of sp³-hybridized carbons (Fsp3) is 0.450. The number of anilines is 1. The summed E-state index contributed by atoms with van der Waals surface area (Å²) in [6, 6.07) is 17.3. The summed E-state index contributed by atoms with van der Waals surface area (Å²) >= 11 is 0. The van der Waals surface area contributed by atoms with Crippen LogP contribution in [0.4, 0.5) is 5.82 Å². The number of piperazine rings is 1. The highest BCUT2D eigenvalue weighted by Crippen LogP contribution is 2.33. The summed E-state index contributed by atoms with van der Waals surface area (Å²) in [7, 11) is 5.87. The summed E-state index contributed by atoms with van der Waals surface area (Å²) in [5, 5.41) is 14.2. The van der Waals surface area contributed by atoms with Crippen molar-refractivity contribution in [2.75, 3.05) is 78.5 Å². The number of rotatable bonds is 16. The van der Waals surface area contributed by atoms with Gasteiger partial charge in [-0.1, -0.05) is 37.3 Å². The summed E-state index contributed by atoms with van der Waals surface area (Å²) in [5.74, 6) is 1.38. The largest absolute Gasteiger partial charge is 0.504 e. The van der Waals surface area contributed by atoms with Gasteiger partial charge in [-0.3, -0.25) is 4.90 Å². The number of phenolic OH excluding ortho intramolecular Hbond substituents is 1. The van der Waals surface area contributed by atoms with Crippen molar-refractivity contribution in [1.29, 1.82) is 0 Å². The van der Waals surface area contributed by atoms with Gasteiger partial charge in [0.25, 0.3) is 0 Å². The average Bonchev–Trinajstić information content (AvgIpc) is 3.15. The van der Waals surface area contributed by atoms with Gasteiger partial charge >= 0.3 is 5.97 Å². The fourth-order valence-corrected chi connectivity index (χ4v) is 5.37. The zero-order chi connectivity index (χ0) is 36.3. The molecule has 3 aromatic rings. The van der Waals surface area contributed by atoms with Crippen LogP contribution < -0.4 is 15.0 Å². The maximum Gasteiger partial charge on any atom is 0.338 e. The lowest BCUT2D eigenvalue weighted by molar-refractivity contribution is 0.0526. The van der Waals surface area contributed by atoms with E-state index in [1.165, 1.54) is 5.70 Å². The number of benzene rings is 2. The third kappa shape index (κ3) is 13.2. The van der Waals surface area contributed by atoms with Crippen molar-refractivity contribution in [2.45, 2.75) is 47.3 Å². The number of nitrogens with one attached hydrogen (secondary N) is 1. The Morgan fingerprint density at radius 1 is 1.00 bits per heavy atom. The Morgan fingerprint density at radius 2 is 1.72 bits per heavy atom. The number of phenols is 1. The van der Waals surface area contributed by atoms with Crippen molar-refractivity contribution in [1.82, 2.24) is 25.0 Å². The highest BCUT2D eigenvalue weighted by Gasteiger charge is 2.20. The molecule has 0 aliphatic carbocycles. The molecule has 272 valence electrons. The van der Waals surface area contributed by atoms with Crippen LogP contribution in [-0.4, -0.2) is 104 Å². The number of carbonyl (C=O) groups is 1. The minimum atomic E-state index is -0.307. The third-order valence-corrected chi connectivity index (χ3v) is 8.79. The van der Waals surface area contributed by atoms with Crippen molar-refractivity contribution < 1.29 is 19.4 Å². The standard InChI is InChI=1S/C28H34N4O4.C12H24N2/c1-3-36-28(34)23-9-7-21(8-10-23)18-29-19-22-16-24(27(33)25(17-22)35-2)20-31-12-14-32(15-13-31)26-6-4-5-11-30-26;1-6-8-9-12(3)14(5)11-10-13(4)7-2/h4-11,16-17,29,33H,3,12-15,18-20H2,1-2H3;6,8-9H,7,10-11H2,1-5H3/b;8-6-,12-9+. The Kier molecular flexibility index (Phi) is 17.3. The molecule has 2 aromatic carbocycles. The van der Waals surface area contributed by atoms with Crippen molar-refractivity contribution in [3.8, 4) is 11.5 Å². The van der Waals surface area contributed by atoms with Gasteiger partial charge in [0.2, 0.25) is 0 Å². The van der Waals surface area contributed by atoms with Gasteiger partial charge < -0.3 is 34.6 Å². The molecule has 0 unspecified atom stereocenters. The molecule has 10 heteroatoms. The number of methoxy groups -OCH3 is 1. The number of allylic oxidation sites excluding steroid dienone is 4. The van der Waals surface area contributed by atoms with E-state index in [0.717, 1.165) is 68.3 Å². The van der Waals surface area contributed by atoms with Gasteiger partial charge in [0.1, 0.15) is 5.82 Å². The lowest BCUT2D eigenvalue weighted by Gasteiger charge is -2.35. The molecule has 0 amide bonds. The first kappa shape index (κ1) is 40.1. The van der Waals surface area contributed by atoms with Gasteiger partial charge in [-0.15, -0.1) is 0 Å². The molecule has 2 heterocycles. The molecule has 1 fully saturated rings. The second-order valence-corrected chi connectivity index (χ2v) is 12.4. The molecule has 0 bridgehead atoms. The van der Waals surface area contributed by atoms with E-state index in [1.54, 1.807) is 26.2 Å². The van der Waals surface area contributed by atoms with E-state index >= 15 is 0 Å². The lowest BCUT2D eigenvalue weighted by Crippen LogP contribution is -2.46. The van der Waals surface area contributed by atoms with E-state index in [1.807, 2.05) is 55.6 Å². The number of carbonyl (C=O) groups excluding carboxylic acids is 1. The summed E-state index contributed by atoms with van der Waals surface area (Å²) in [4.78, 5) is 25.5. The van der Waals surface area contributed by atoms with E-state index in [2.05, 4.69) is 76.1 Å². The highest BCUT2D eigenvalue weighted by atomic mass is 16.5. The van der Waals surface area contributed by atoms with Gasteiger partial charge in [-0.2, -0.15) is 0 Å². The quantitative estimate of drug-likeness (QED) is 0.140. The smallest absolute Gasteiger partial charge is 0.338 e. The molecule has 50 heavy (non-hydrogen) atoms. The zero-order valence-corrected chi connectivity index (χ0v) is 31.2. The van der Waals surface area contributed by atoms with E-state index in [4.69, 9.17) is 9.47 Å². The molecule has 1 aliphatic heterocycles. The van der Waals surface area contributed by atoms with Gasteiger partial charge in [-0.25, -0.2) is 9.78 Å². The Morgan fingerprint density at radius 3 is 2.34 bits per heavy atom. The van der Waals surface area contributed by atoms with Crippen LogP contribution in [0.15, 0.2) is 84.7 Å². The van der Waals surface area contributed by atoms with Crippen molar-refractivity contribution >= 4 is 11.8 Å². The zero-order valence-electron chi connectivity index (χ0n) is 31.2. The third-order valence-electron chi connectivity index (χ3n) is 8.79. The predicted molar refractivity (Wildman–Crippen MR) is 204 cm³/mol. The van der Waals surface area contributed by atoms with Crippen LogP contribution in [0.5, 0.6) is 11.5 Å². The van der Waals surface area contributed by atoms with Gasteiger partial charge in [0.15, 0.2) is 11.5 Å². The number of esters is 1. The van der Waals surface area contributed by atoms with Crippen LogP contribution in [0, 0.1) is 0 Å². The number of aromatic nitrogens is 1. The molecule has 0 saturated carbocycles. The molecule has 0 radical (unpaired) electrons. The van der Waals surface area contributed by atoms with Crippen LogP contribution in [0.3, 0.4) is 0 Å². The van der Waals surface area contributed by atoms with Gasteiger partial charge in [0, 0.05) is 83.4 Å². The summed E-state index contributed by atoms with van der Waals surface area (Å²) < 4.78 is 10.5. The van der Waals surface area contributed by atoms with E-state index in [0.29, 0.717) is 37.6 Å². The number of ether oxygens (including phenoxy) is 2. The number of hydrogen-bond acceptors (Lipinski definition) is 10. The number of nitrogens with zero attached hydrogens (tertiary/aromatic N) is 5. The highest BCUT2D eigenvalue weighted by molar-refractivity contribution is 5.89. The maximum absolute atomic E-state index is 11.8. The molecule has 4 rings (SSSR count). The Bertz CT molecular complexity index is 1490. The van der Waals surface area contributed by atoms with Crippen molar-refractivity contribution in [3.63, 3.8) is 0 Å². The Labute approximate surface area is 300 Å². The SMILES string of the molecule is C/C=C\C=C(/C)N(C)CCN(C)CC.CCOC(=O)c1ccc(CNCc2cc(CN3CCN(c4ccccn4)CC3)c(O)c(OC)c2)cc1. The Balaban J connectivity index is 0.000000409. The first-order valence-corrected chi connectivity index (χ1v) is 17.6. The van der Waals surface area contributed by atoms with Crippen molar-refractivity contribution in [2.24, 2.45) is 0 Å². The predicted octanol–water partition coefficient (Wildman–Crippen LogP) is 5.93. The molecular formula is C40H58N6O4. The molecule has 0 spiro atoms. The molecule has 2 N–H and O–H groups in total. The minimum Gasteiger partial charge on any atom is -0.504 e. The van der Waals surface area contributed by atoms with E-state index < -0.39 is 0 Å². The first-order valence-electron chi connectivity index (χ1n) is 17.6. The fourth-order valence-electron chi connectivity index (χ4n) is 5.37. The normalized spacial score (nSPS) is 13.7. The minimum absolute atomic E-state index is 0.197. The van der Waals surface area contributed by atoms with Crippen LogP contribution in [0.2, 0.25) is 0 Å². The molecule has 1 saturated heterocycles. The molecule has 0 atom stereocenters. The number of pyridine rings is 1. The lowest BCUT2D eigenvalue weighted by atomic mass is 10.1. The molecule has 1 aromatic heterocycles. The summed E-state index contributed by atoms with van der Waals surface area (Å²) in [6.07, 6.45) is 8.10. The second kappa shape index (κ2) is 21.7. The van der Waals surface area contributed by atoms with E-state index in [-0.39, 0.29) is 11.7 Å². The molecular weight excluding hydrogens is 628 g/mol. The number of aromatic hydroxyl groups is 1. The summed E-state index contributed by atoms with van der Waals surface area (Å²) in [5.41, 5.74) is 4.83. The topological polar surface area (TPSA) is 93.6 Å². The monoisotopic (exact) mass is 686 g/mol. The molecule has 1 aliphatic rings. The molecule has 10 nitrogen and oxygen atoms in total. The second-order valence-electron chi connectivity index (χ2n) is 12.4. The Hall–Kier alpha value is -4.38. The van der Waals surface area contributed by atoms with Crippen LogP contribution in [0.25, 0.3) is 0 Å². The van der Waals surface area contributed by atoms with Crippen LogP contribution in [0.1, 0.15) is 54.7 Å². The van der Waals surface area contributed by atoms with Gasteiger partial charge in [0.05, 0.1) is 19.3 Å². The van der Waals surface area contributed by atoms with Crippen molar-refractivity contribution in [3.05, 3.63) is 107 Å². The number of likely N-dealkylation sites (N-methyl/N-ethyl adjacent to an activating group) is 2. The average molecular weight is 687 g/mol. The first-order chi connectivity index (χ1) is 24.2. The maximum atomic E-state index is 11.8. The van der Waals surface area contributed by atoms with Crippen LogP contribution in [-0.2, 0) is 24.4 Å². The summed E-state index contributed by atoms with van der Waals surface area (Å²) in [6.45, 7) is 17.3. The van der Waals surface area contributed by atoms with Crippen LogP contribution >= 0.6 is 0 Å². The van der Waals surface area contributed by atoms with E-state index in [9.17, 15) is 9.90 Å². The number of hydrogen-bond donors (Lipinski definition) is 2.